The quantitative estimate of drug-likeness (QED) is 0.840. The SMILES string of the molecule is COCC(=O)Nc1ccc(C)c(S(=O)(=O)Nc2cccc(C)c2)c1. The lowest BCUT2D eigenvalue weighted by molar-refractivity contribution is -0.119. The monoisotopic (exact) mass is 348 g/mol. The van der Waals surface area contributed by atoms with Crippen LogP contribution in [0, 0.1) is 13.8 Å². The van der Waals surface area contributed by atoms with Crippen molar-refractivity contribution in [3.8, 4) is 0 Å². The molecule has 0 radical (unpaired) electrons. The van der Waals surface area contributed by atoms with Crippen LogP contribution < -0.4 is 10.0 Å². The standard InChI is InChI=1S/C17H20N2O4S/c1-12-5-4-6-15(9-12)19-24(21,22)16-10-14(8-7-13(16)2)18-17(20)11-23-3/h4-10,19H,11H2,1-3H3,(H,18,20). The van der Waals surface area contributed by atoms with E-state index in [2.05, 4.69) is 10.0 Å². The topological polar surface area (TPSA) is 84.5 Å². The minimum atomic E-state index is -3.76. The zero-order chi connectivity index (χ0) is 17.7. The van der Waals surface area contributed by atoms with Gasteiger partial charge in [0, 0.05) is 18.5 Å². The van der Waals surface area contributed by atoms with Crippen molar-refractivity contribution in [1.29, 1.82) is 0 Å². The number of ether oxygens (including phenoxy) is 1. The van der Waals surface area contributed by atoms with Crippen LogP contribution in [0.15, 0.2) is 47.4 Å². The highest BCUT2D eigenvalue weighted by Gasteiger charge is 2.18. The van der Waals surface area contributed by atoms with E-state index in [4.69, 9.17) is 4.74 Å². The molecule has 0 atom stereocenters. The Morgan fingerprint density at radius 1 is 1.08 bits per heavy atom. The van der Waals surface area contributed by atoms with E-state index in [1.54, 1.807) is 37.3 Å². The third kappa shape index (κ3) is 4.56. The molecule has 2 rings (SSSR count). The van der Waals surface area contributed by atoms with Crippen LogP contribution in [0.3, 0.4) is 0 Å². The Hall–Kier alpha value is -2.38. The Bertz CT molecular complexity index is 847. The largest absolute Gasteiger partial charge is 0.375 e. The summed E-state index contributed by atoms with van der Waals surface area (Å²) in [7, 11) is -2.35. The predicted molar refractivity (Wildman–Crippen MR) is 93.7 cm³/mol. The van der Waals surface area contributed by atoms with Gasteiger partial charge in [-0.2, -0.15) is 0 Å². The maximum Gasteiger partial charge on any atom is 0.262 e. The van der Waals surface area contributed by atoms with Gasteiger partial charge < -0.3 is 10.1 Å². The number of hydrogen-bond donors (Lipinski definition) is 2. The molecule has 0 aliphatic carbocycles. The van der Waals surface area contributed by atoms with E-state index in [9.17, 15) is 13.2 Å². The molecule has 0 aliphatic rings. The van der Waals surface area contributed by atoms with Gasteiger partial charge in [0.25, 0.3) is 10.0 Å². The van der Waals surface area contributed by atoms with E-state index in [-0.39, 0.29) is 17.4 Å². The molecule has 2 N–H and O–H groups in total. The highest BCUT2D eigenvalue weighted by Crippen LogP contribution is 2.23. The number of amides is 1. The van der Waals surface area contributed by atoms with Crippen LogP contribution in [-0.4, -0.2) is 28.0 Å². The predicted octanol–water partition coefficient (Wildman–Crippen LogP) is 2.69. The van der Waals surface area contributed by atoms with Crippen LogP contribution in [0.2, 0.25) is 0 Å². The summed E-state index contributed by atoms with van der Waals surface area (Å²) < 4.78 is 32.6. The number of carbonyl (C=O) groups excluding carboxylic acids is 1. The van der Waals surface area contributed by atoms with Gasteiger partial charge in [-0.05, 0) is 49.2 Å². The highest BCUT2D eigenvalue weighted by molar-refractivity contribution is 7.92. The second-order valence-corrected chi connectivity index (χ2v) is 7.09. The summed E-state index contributed by atoms with van der Waals surface area (Å²) in [4.78, 5) is 11.7. The third-order valence-electron chi connectivity index (χ3n) is 3.31. The van der Waals surface area contributed by atoms with Crippen LogP contribution in [-0.2, 0) is 19.6 Å². The van der Waals surface area contributed by atoms with E-state index in [1.165, 1.54) is 13.2 Å². The van der Waals surface area contributed by atoms with Crippen molar-refractivity contribution < 1.29 is 17.9 Å². The summed E-state index contributed by atoms with van der Waals surface area (Å²) in [6, 6.07) is 11.8. The fraction of sp³-hybridized carbons (Fsp3) is 0.235. The Labute approximate surface area is 141 Å². The Morgan fingerprint density at radius 2 is 1.83 bits per heavy atom. The van der Waals surface area contributed by atoms with E-state index in [0.717, 1.165) is 5.56 Å². The van der Waals surface area contributed by atoms with Gasteiger partial charge in [0.05, 0.1) is 4.90 Å². The number of rotatable bonds is 6. The molecular weight excluding hydrogens is 328 g/mol. The van der Waals surface area contributed by atoms with Crippen LogP contribution in [0.4, 0.5) is 11.4 Å². The van der Waals surface area contributed by atoms with Crippen molar-refractivity contribution in [1.82, 2.24) is 0 Å². The van der Waals surface area contributed by atoms with Gasteiger partial charge in [-0.15, -0.1) is 0 Å². The maximum atomic E-state index is 12.6. The van der Waals surface area contributed by atoms with Crippen LogP contribution in [0.5, 0.6) is 0 Å². The van der Waals surface area contributed by atoms with Crippen LogP contribution in [0.1, 0.15) is 11.1 Å². The number of methoxy groups -OCH3 is 1. The molecular formula is C17H20N2O4S. The number of aryl methyl sites for hydroxylation is 2. The molecule has 128 valence electrons. The summed E-state index contributed by atoms with van der Waals surface area (Å²) in [5, 5.41) is 2.60. The van der Waals surface area contributed by atoms with E-state index in [0.29, 0.717) is 16.9 Å². The molecule has 0 heterocycles. The Morgan fingerprint density at radius 3 is 2.50 bits per heavy atom. The maximum absolute atomic E-state index is 12.6. The molecule has 0 bridgehead atoms. The summed E-state index contributed by atoms with van der Waals surface area (Å²) in [5.41, 5.74) is 2.42. The molecule has 0 saturated heterocycles. The minimum Gasteiger partial charge on any atom is -0.375 e. The fourth-order valence-electron chi connectivity index (χ4n) is 2.21. The number of sulfonamides is 1. The van der Waals surface area contributed by atoms with Crippen molar-refractivity contribution in [2.75, 3.05) is 23.8 Å². The molecule has 1 amide bonds. The molecule has 2 aromatic carbocycles. The summed E-state index contributed by atoms with van der Waals surface area (Å²) >= 11 is 0. The second-order valence-electron chi connectivity index (χ2n) is 5.44. The van der Waals surface area contributed by atoms with Gasteiger partial charge in [-0.1, -0.05) is 18.2 Å². The van der Waals surface area contributed by atoms with Gasteiger partial charge >= 0.3 is 0 Å². The van der Waals surface area contributed by atoms with Crippen LogP contribution in [0.25, 0.3) is 0 Å². The first kappa shape index (κ1) is 18.0. The fourth-order valence-corrected chi connectivity index (χ4v) is 3.54. The van der Waals surface area contributed by atoms with E-state index in [1.807, 2.05) is 13.0 Å². The Balaban J connectivity index is 2.30. The molecule has 0 aromatic heterocycles. The van der Waals surface area contributed by atoms with Crippen molar-refractivity contribution >= 4 is 27.3 Å². The van der Waals surface area contributed by atoms with Gasteiger partial charge in [0.15, 0.2) is 0 Å². The smallest absolute Gasteiger partial charge is 0.262 e. The molecule has 7 heteroatoms. The van der Waals surface area contributed by atoms with Gasteiger partial charge in [-0.3, -0.25) is 9.52 Å². The normalized spacial score (nSPS) is 11.1. The summed E-state index contributed by atoms with van der Waals surface area (Å²) in [6.45, 7) is 3.48. The van der Waals surface area contributed by atoms with Crippen LogP contribution >= 0.6 is 0 Å². The molecule has 0 saturated carbocycles. The van der Waals surface area contributed by atoms with Gasteiger partial charge in [0.2, 0.25) is 5.91 Å². The molecule has 0 unspecified atom stereocenters. The van der Waals surface area contributed by atoms with Crippen molar-refractivity contribution in [2.45, 2.75) is 18.7 Å². The lowest BCUT2D eigenvalue weighted by Gasteiger charge is -2.13. The van der Waals surface area contributed by atoms with Crippen molar-refractivity contribution in [3.05, 3.63) is 53.6 Å². The minimum absolute atomic E-state index is 0.0997. The molecule has 0 fully saturated rings. The summed E-state index contributed by atoms with van der Waals surface area (Å²) in [6.07, 6.45) is 0. The molecule has 0 aliphatic heterocycles. The molecule has 6 nitrogen and oxygen atoms in total. The average molecular weight is 348 g/mol. The van der Waals surface area contributed by atoms with Crippen molar-refractivity contribution in [2.24, 2.45) is 0 Å². The molecule has 0 spiro atoms. The average Bonchev–Trinajstić information content (AvgIpc) is 2.49. The first-order valence-corrected chi connectivity index (χ1v) is 8.79. The summed E-state index contributed by atoms with van der Waals surface area (Å²) in [5.74, 6) is -0.351. The van der Waals surface area contributed by atoms with E-state index < -0.39 is 10.0 Å². The molecule has 2 aromatic rings. The number of nitrogens with one attached hydrogen (secondary N) is 2. The molecule has 24 heavy (non-hydrogen) atoms. The first-order valence-electron chi connectivity index (χ1n) is 7.31. The van der Waals surface area contributed by atoms with Gasteiger partial charge in [-0.25, -0.2) is 8.42 Å². The lowest BCUT2D eigenvalue weighted by atomic mass is 10.2. The number of carbonyl (C=O) groups is 1. The number of anilines is 2. The lowest BCUT2D eigenvalue weighted by Crippen LogP contribution is -2.18. The Kier molecular flexibility index (Phi) is 5.58. The highest BCUT2D eigenvalue weighted by atomic mass is 32.2. The van der Waals surface area contributed by atoms with Crippen molar-refractivity contribution in [3.63, 3.8) is 0 Å². The third-order valence-corrected chi connectivity index (χ3v) is 4.83. The van der Waals surface area contributed by atoms with Gasteiger partial charge in [0.1, 0.15) is 6.61 Å². The second kappa shape index (κ2) is 7.46. The zero-order valence-corrected chi connectivity index (χ0v) is 14.6. The number of benzene rings is 2. The first-order chi connectivity index (χ1) is 11.3. The zero-order valence-electron chi connectivity index (χ0n) is 13.8. The number of hydrogen-bond acceptors (Lipinski definition) is 4. The van der Waals surface area contributed by atoms with E-state index >= 15 is 0 Å².